The zero-order valence-electron chi connectivity index (χ0n) is 10.1. The number of hydrogen-bond donors (Lipinski definition) is 4. The normalized spacial score (nSPS) is 11.2. The molecule has 0 heterocycles. The molecule has 6 heteroatoms. The molecule has 0 rings (SSSR count). The largest absolute Gasteiger partial charge is 0.481 e. The molecule has 100 valence electrons. The van der Waals surface area contributed by atoms with Crippen LogP contribution in [0.5, 0.6) is 0 Å². The lowest BCUT2D eigenvalue weighted by Crippen LogP contribution is -2.53. The van der Waals surface area contributed by atoms with E-state index in [-0.39, 0.29) is 32.0 Å². The van der Waals surface area contributed by atoms with Crippen molar-refractivity contribution in [1.29, 1.82) is 0 Å². The molecule has 0 aromatic rings. The third-order valence-electron chi connectivity index (χ3n) is 2.73. The molecule has 0 aliphatic rings. The molecule has 0 atom stereocenters. The molecule has 0 radical (unpaired) electrons. The van der Waals surface area contributed by atoms with Crippen LogP contribution in [0.3, 0.4) is 0 Å². The summed E-state index contributed by atoms with van der Waals surface area (Å²) in [7, 11) is 0. The van der Waals surface area contributed by atoms with Crippen molar-refractivity contribution in [2.45, 2.75) is 44.6 Å². The minimum Gasteiger partial charge on any atom is -0.481 e. The van der Waals surface area contributed by atoms with E-state index in [0.29, 0.717) is 19.3 Å². The predicted octanol–water partition coefficient (Wildman–Crippen LogP) is -0.119. The summed E-state index contributed by atoms with van der Waals surface area (Å²) in [5, 5.41) is 29.2. The number of aliphatic carboxylic acids is 1. The second kappa shape index (κ2) is 8.03. The van der Waals surface area contributed by atoms with Crippen LogP contribution in [0.1, 0.15) is 39.0 Å². The van der Waals surface area contributed by atoms with Gasteiger partial charge in [-0.1, -0.05) is 6.92 Å². The van der Waals surface area contributed by atoms with Gasteiger partial charge in [0.1, 0.15) is 0 Å². The van der Waals surface area contributed by atoms with E-state index in [2.05, 4.69) is 5.32 Å². The van der Waals surface area contributed by atoms with Crippen molar-refractivity contribution in [3.05, 3.63) is 0 Å². The van der Waals surface area contributed by atoms with Gasteiger partial charge in [0.05, 0.1) is 18.8 Å². The van der Waals surface area contributed by atoms with Gasteiger partial charge in [-0.05, 0) is 19.3 Å². The standard InChI is InChI=1S/C11H21NO5/c1-2-11(7-13,8-14)12-9(15)5-3-4-6-10(16)17/h13-14H,2-8H2,1H3,(H,12,15)(H,16,17). The van der Waals surface area contributed by atoms with Crippen LogP contribution in [0.25, 0.3) is 0 Å². The lowest BCUT2D eigenvalue weighted by atomic mass is 9.98. The van der Waals surface area contributed by atoms with Crippen LogP contribution in [0.4, 0.5) is 0 Å². The molecule has 0 saturated heterocycles. The van der Waals surface area contributed by atoms with Gasteiger partial charge in [-0.3, -0.25) is 9.59 Å². The smallest absolute Gasteiger partial charge is 0.303 e. The molecule has 0 aliphatic carbocycles. The van der Waals surface area contributed by atoms with Gasteiger partial charge in [0, 0.05) is 12.8 Å². The number of carboxylic acid groups (broad SMARTS) is 1. The van der Waals surface area contributed by atoms with Gasteiger partial charge in [0.2, 0.25) is 5.91 Å². The number of carbonyl (C=O) groups excluding carboxylic acids is 1. The zero-order chi connectivity index (χ0) is 13.3. The SMILES string of the molecule is CCC(CO)(CO)NC(=O)CCCCC(=O)O. The second-order valence-electron chi connectivity index (χ2n) is 4.10. The molecule has 0 saturated carbocycles. The maximum atomic E-state index is 11.5. The van der Waals surface area contributed by atoms with Crippen molar-refractivity contribution in [1.82, 2.24) is 5.32 Å². The summed E-state index contributed by atoms with van der Waals surface area (Å²) in [6, 6.07) is 0. The number of hydrogen-bond acceptors (Lipinski definition) is 4. The molecular formula is C11H21NO5. The number of unbranched alkanes of at least 4 members (excludes halogenated alkanes) is 1. The summed E-state index contributed by atoms with van der Waals surface area (Å²) < 4.78 is 0. The van der Waals surface area contributed by atoms with E-state index in [1.165, 1.54) is 0 Å². The number of carboxylic acids is 1. The number of amides is 1. The van der Waals surface area contributed by atoms with Crippen LogP contribution in [0, 0.1) is 0 Å². The van der Waals surface area contributed by atoms with Gasteiger partial charge >= 0.3 is 5.97 Å². The zero-order valence-corrected chi connectivity index (χ0v) is 10.1. The quantitative estimate of drug-likeness (QED) is 0.425. The highest BCUT2D eigenvalue weighted by Crippen LogP contribution is 2.09. The Hall–Kier alpha value is -1.14. The van der Waals surface area contributed by atoms with Crippen LogP contribution < -0.4 is 5.32 Å². The number of carbonyl (C=O) groups is 2. The monoisotopic (exact) mass is 247 g/mol. The van der Waals surface area contributed by atoms with E-state index in [1.54, 1.807) is 6.92 Å². The molecule has 0 aromatic heterocycles. The molecule has 0 bridgehead atoms. The fourth-order valence-electron chi connectivity index (χ4n) is 1.36. The van der Waals surface area contributed by atoms with Crippen molar-refractivity contribution in [2.75, 3.05) is 13.2 Å². The highest BCUT2D eigenvalue weighted by atomic mass is 16.4. The first-order valence-corrected chi connectivity index (χ1v) is 5.74. The number of rotatable bonds is 9. The predicted molar refractivity (Wildman–Crippen MR) is 61.4 cm³/mol. The minimum atomic E-state index is -0.968. The molecule has 4 N–H and O–H groups in total. The summed E-state index contributed by atoms with van der Waals surface area (Å²) in [4.78, 5) is 21.7. The third kappa shape index (κ3) is 6.23. The maximum Gasteiger partial charge on any atom is 0.303 e. The molecular weight excluding hydrogens is 226 g/mol. The number of aliphatic hydroxyl groups excluding tert-OH is 2. The van der Waals surface area contributed by atoms with Gasteiger partial charge in [-0.2, -0.15) is 0 Å². The highest BCUT2D eigenvalue weighted by Gasteiger charge is 2.28. The molecule has 0 unspecified atom stereocenters. The van der Waals surface area contributed by atoms with Crippen LogP contribution in [-0.4, -0.2) is 45.9 Å². The Bertz CT molecular complexity index is 242. The summed E-state index contributed by atoms with van der Waals surface area (Å²) in [5.74, 6) is -1.15. The molecule has 17 heavy (non-hydrogen) atoms. The van der Waals surface area contributed by atoms with Crippen molar-refractivity contribution >= 4 is 11.9 Å². The lowest BCUT2D eigenvalue weighted by molar-refractivity contribution is -0.137. The Balaban J connectivity index is 3.95. The van der Waals surface area contributed by atoms with Crippen LogP contribution in [-0.2, 0) is 9.59 Å². The number of nitrogens with one attached hydrogen (secondary N) is 1. The van der Waals surface area contributed by atoms with Crippen molar-refractivity contribution in [2.24, 2.45) is 0 Å². The highest BCUT2D eigenvalue weighted by molar-refractivity contribution is 5.76. The van der Waals surface area contributed by atoms with Crippen LogP contribution in [0.15, 0.2) is 0 Å². The van der Waals surface area contributed by atoms with E-state index in [0.717, 1.165) is 0 Å². The minimum absolute atomic E-state index is 0.0478. The Labute approximate surface area is 101 Å². The van der Waals surface area contributed by atoms with E-state index < -0.39 is 11.5 Å². The molecule has 0 aromatic carbocycles. The average Bonchev–Trinajstić information content (AvgIpc) is 2.32. The van der Waals surface area contributed by atoms with E-state index in [1.807, 2.05) is 0 Å². The summed E-state index contributed by atoms with van der Waals surface area (Å²) in [5.41, 5.74) is -0.968. The van der Waals surface area contributed by atoms with Crippen LogP contribution >= 0.6 is 0 Å². The molecule has 0 spiro atoms. The van der Waals surface area contributed by atoms with Gasteiger partial charge < -0.3 is 20.6 Å². The molecule has 0 fully saturated rings. The van der Waals surface area contributed by atoms with Crippen molar-refractivity contribution in [3.8, 4) is 0 Å². The molecule has 1 amide bonds. The summed E-state index contributed by atoms with van der Waals surface area (Å²) in [6.45, 7) is 1.12. The third-order valence-corrected chi connectivity index (χ3v) is 2.73. The van der Waals surface area contributed by atoms with Gasteiger partial charge in [0.25, 0.3) is 0 Å². The van der Waals surface area contributed by atoms with Crippen LogP contribution in [0.2, 0.25) is 0 Å². The Kier molecular flexibility index (Phi) is 7.49. The lowest BCUT2D eigenvalue weighted by Gasteiger charge is -2.29. The van der Waals surface area contributed by atoms with E-state index >= 15 is 0 Å². The molecule has 6 nitrogen and oxygen atoms in total. The summed E-state index contributed by atoms with van der Waals surface area (Å²) in [6.07, 6.45) is 1.61. The first-order chi connectivity index (χ1) is 7.99. The van der Waals surface area contributed by atoms with Crippen molar-refractivity contribution in [3.63, 3.8) is 0 Å². The van der Waals surface area contributed by atoms with Gasteiger partial charge in [-0.15, -0.1) is 0 Å². The Morgan fingerprint density at radius 3 is 2.06 bits per heavy atom. The number of aliphatic hydroxyl groups is 2. The Morgan fingerprint density at radius 1 is 1.12 bits per heavy atom. The first kappa shape index (κ1) is 15.9. The van der Waals surface area contributed by atoms with Gasteiger partial charge in [0.15, 0.2) is 0 Å². The van der Waals surface area contributed by atoms with Crippen molar-refractivity contribution < 1.29 is 24.9 Å². The fourth-order valence-corrected chi connectivity index (χ4v) is 1.36. The topological polar surface area (TPSA) is 107 Å². The van der Waals surface area contributed by atoms with E-state index in [9.17, 15) is 9.59 Å². The summed E-state index contributed by atoms with van der Waals surface area (Å²) >= 11 is 0. The Morgan fingerprint density at radius 2 is 1.65 bits per heavy atom. The maximum absolute atomic E-state index is 11.5. The van der Waals surface area contributed by atoms with E-state index in [4.69, 9.17) is 15.3 Å². The molecule has 0 aliphatic heterocycles. The fraction of sp³-hybridized carbons (Fsp3) is 0.818. The first-order valence-electron chi connectivity index (χ1n) is 5.74. The average molecular weight is 247 g/mol. The van der Waals surface area contributed by atoms with Gasteiger partial charge in [-0.25, -0.2) is 0 Å². The second-order valence-corrected chi connectivity index (χ2v) is 4.10.